The van der Waals surface area contributed by atoms with Gasteiger partial charge in [-0.2, -0.15) is 4.98 Å². The summed E-state index contributed by atoms with van der Waals surface area (Å²) in [5.41, 5.74) is 1.70. The highest BCUT2D eigenvalue weighted by atomic mass is 16.2. The summed E-state index contributed by atoms with van der Waals surface area (Å²) in [6, 6.07) is 1.87. The number of H-pyrrole nitrogens is 1. The summed E-state index contributed by atoms with van der Waals surface area (Å²) in [7, 11) is 0. The number of carbonyl (C=O) groups is 1. The topological polar surface area (TPSA) is 108 Å². The molecule has 3 N–H and O–H groups in total. The predicted octanol–water partition coefficient (Wildman–Crippen LogP) is 1.39. The smallest absolute Gasteiger partial charge is 0.248 e. The fraction of sp³-hybridized carbons (Fsp3) is 0.462. The highest BCUT2D eigenvalue weighted by molar-refractivity contribution is 5.91. The molecule has 2 rings (SSSR count). The van der Waals surface area contributed by atoms with Crippen molar-refractivity contribution in [1.29, 1.82) is 0 Å². The van der Waals surface area contributed by atoms with Crippen LogP contribution in [0, 0.1) is 13.8 Å². The molecule has 2 heterocycles. The maximum Gasteiger partial charge on any atom is 0.248 e. The standard InChI is InChI=1S/C13H19N7O/c1-7(2)11-18-13(20-19-11)17-10(21)6-14-12-15-8(3)5-9(4)16-12/h5,7H,6H2,1-4H3,(H,14,15,16)(H2,17,18,19,20,21). The van der Waals surface area contributed by atoms with E-state index in [2.05, 4.69) is 35.8 Å². The Hall–Kier alpha value is -2.51. The molecule has 0 bridgehead atoms. The van der Waals surface area contributed by atoms with Gasteiger partial charge in [-0.05, 0) is 19.9 Å². The number of amides is 1. The van der Waals surface area contributed by atoms with Gasteiger partial charge in [0.1, 0.15) is 5.82 Å². The molecule has 112 valence electrons. The van der Waals surface area contributed by atoms with Crippen LogP contribution >= 0.6 is 0 Å². The van der Waals surface area contributed by atoms with Crippen LogP contribution < -0.4 is 10.6 Å². The first-order valence-electron chi connectivity index (χ1n) is 6.72. The monoisotopic (exact) mass is 289 g/mol. The third-order valence-corrected chi connectivity index (χ3v) is 2.69. The molecule has 0 aromatic carbocycles. The number of carbonyl (C=O) groups excluding carboxylic acids is 1. The van der Waals surface area contributed by atoms with Crippen LogP contribution in [0.5, 0.6) is 0 Å². The third kappa shape index (κ3) is 4.23. The summed E-state index contributed by atoms with van der Waals surface area (Å²) in [6.45, 7) is 7.78. The summed E-state index contributed by atoms with van der Waals surface area (Å²) in [6.07, 6.45) is 0. The first kappa shape index (κ1) is 14.9. The molecule has 0 aliphatic carbocycles. The number of hydrogen-bond acceptors (Lipinski definition) is 6. The minimum atomic E-state index is -0.257. The van der Waals surface area contributed by atoms with Crippen molar-refractivity contribution in [1.82, 2.24) is 25.1 Å². The van der Waals surface area contributed by atoms with Gasteiger partial charge in [0, 0.05) is 17.3 Å². The number of aromatic amines is 1. The molecule has 2 aromatic heterocycles. The lowest BCUT2D eigenvalue weighted by Crippen LogP contribution is -2.23. The Bertz CT molecular complexity index is 615. The van der Waals surface area contributed by atoms with Gasteiger partial charge in [-0.1, -0.05) is 13.8 Å². The fourth-order valence-electron chi connectivity index (χ4n) is 1.72. The van der Waals surface area contributed by atoms with Crippen molar-refractivity contribution in [3.05, 3.63) is 23.3 Å². The Morgan fingerprint density at radius 2 is 1.86 bits per heavy atom. The Morgan fingerprint density at radius 3 is 2.43 bits per heavy atom. The average molecular weight is 289 g/mol. The van der Waals surface area contributed by atoms with Gasteiger partial charge in [-0.3, -0.25) is 15.2 Å². The minimum Gasteiger partial charge on any atom is -0.345 e. The summed E-state index contributed by atoms with van der Waals surface area (Å²) in [4.78, 5) is 24.4. The molecule has 1 amide bonds. The van der Waals surface area contributed by atoms with Gasteiger partial charge >= 0.3 is 0 Å². The summed E-state index contributed by atoms with van der Waals surface area (Å²) < 4.78 is 0. The number of rotatable bonds is 5. The highest BCUT2D eigenvalue weighted by Crippen LogP contribution is 2.09. The summed E-state index contributed by atoms with van der Waals surface area (Å²) >= 11 is 0. The van der Waals surface area contributed by atoms with E-state index in [1.807, 2.05) is 33.8 Å². The lowest BCUT2D eigenvalue weighted by Gasteiger charge is -2.05. The van der Waals surface area contributed by atoms with E-state index in [0.717, 1.165) is 17.2 Å². The quantitative estimate of drug-likeness (QED) is 0.767. The van der Waals surface area contributed by atoms with Gasteiger partial charge < -0.3 is 5.32 Å². The number of nitrogens with zero attached hydrogens (tertiary/aromatic N) is 4. The van der Waals surface area contributed by atoms with E-state index in [1.165, 1.54) is 0 Å². The van der Waals surface area contributed by atoms with E-state index >= 15 is 0 Å². The van der Waals surface area contributed by atoms with Crippen LogP contribution in [-0.4, -0.2) is 37.6 Å². The highest BCUT2D eigenvalue weighted by Gasteiger charge is 2.10. The number of aromatic nitrogens is 5. The lowest BCUT2D eigenvalue weighted by molar-refractivity contribution is -0.114. The Morgan fingerprint density at radius 1 is 1.19 bits per heavy atom. The van der Waals surface area contributed by atoms with Gasteiger partial charge in [-0.25, -0.2) is 9.97 Å². The van der Waals surface area contributed by atoms with Gasteiger partial charge in [-0.15, -0.1) is 5.10 Å². The van der Waals surface area contributed by atoms with Gasteiger partial charge in [0.15, 0.2) is 0 Å². The molecule has 0 spiro atoms. The van der Waals surface area contributed by atoms with E-state index in [-0.39, 0.29) is 24.3 Å². The molecule has 0 atom stereocenters. The average Bonchev–Trinajstić information content (AvgIpc) is 2.84. The second-order valence-electron chi connectivity index (χ2n) is 5.08. The van der Waals surface area contributed by atoms with E-state index < -0.39 is 0 Å². The SMILES string of the molecule is Cc1cc(C)nc(NCC(=O)Nc2n[nH]c(C(C)C)n2)n1. The molecule has 8 nitrogen and oxygen atoms in total. The minimum absolute atomic E-state index is 0.0500. The van der Waals surface area contributed by atoms with Crippen LogP contribution in [0.3, 0.4) is 0 Å². The number of hydrogen-bond donors (Lipinski definition) is 3. The molecule has 0 unspecified atom stereocenters. The van der Waals surface area contributed by atoms with E-state index in [0.29, 0.717) is 5.95 Å². The van der Waals surface area contributed by atoms with Crippen molar-refractivity contribution in [2.75, 3.05) is 17.2 Å². The molecule has 0 radical (unpaired) electrons. The molecular weight excluding hydrogens is 270 g/mol. The van der Waals surface area contributed by atoms with E-state index in [9.17, 15) is 4.79 Å². The molecule has 2 aromatic rings. The fourth-order valence-corrected chi connectivity index (χ4v) is 1.72. The van der Waals surface area contributed by atoms with Gasteiger partial charge in [0.2, 0.25) is 17.8 Å². The van der Waals surface area contributed by atoms with E-state index in [1.54, 1.807) is 0 Å². The van der Waals surface area contributed by atoms with Crippen molar-refractivity contribution >= 4 is 17.8 Å². The van der Waals surface area contributed by atoms with Crippen molar-refractivity contribution in [2.24, 2.45) is 0 Å². The second-order valence-corrected chi connectivity index (χ2v) is 5.08. The van der Waals surface area contributed by atoms with Crippen LogP contribution in [-0.2, 0) is 4.79 Å². The third-order valence-electron chi connectivity index (χ3n) is 2.69. The van der Waals surface area contributed by atoms with Crippen LogP contribution in [0.2, 0.25) is 0 Å². The Labute approximate surface area is 122 Å². The molecule has 0 saturated carbocycles. The number of anilines is 2. The zero-order valence-corrected chi connectivity index (χ0v) is 12.6. The van der Waals surface area contributed by atoms with Crippen molar-refractivity contribution in [2.45, 2.75) is 33.6 Å². The molecule has 8 heteroatoms. The molecule has 21 heavy (non-hydrogen) atoms. The zero-order chi connectivity index (χ0) is 15.4. The predicted molar refractivity (Wildman–Crippen MR) is 79.1 cm³/mol. The molecule has 0 saturated heterocycles. The molecular formula is C13H19N7O. The molecule has 0 aliphatic heterocycles. The maximum absolute atomic E-state index is 11.8. The first-order chi connectivity index (χ1) is 9.94. The number of aryl methyl sites for hydroxylation is 2. The first-order valence-corrected chi connectivity index (χ1v) is 6.72. The maximum atomic E-state index is 11.8. The van der Waals surface area contributed by atoms with Gasteiger partial charge in [0.05, 0.1) is 6.54 Å². The normalized spacial score (nSPS) is 10.7. The Kier molecular flexibility index (Phi) is 4.46. The van der Waals surface area contributed by atoms with Crippen LogP contribution in [0.4, 0.5) is 11.9 Å². The van der Waals surface area contributed by atoms with Crippen molar-refractivity contribution in [3.63, 3.8) is 0 Å². The van der Waals surface area contributed by atoms with Crippen LogP contribution in [0.1, 0.15) is 37.0 Å². The molecule has 0 aliphatic rings. The zero-order valence-electron chi connectivity index (χ0n) is 12.6. The van der Waals surface area contributed by atoms with Gasteiger partial charge in [0.25, 0.3) is 0 Å². The number of nitrogens with one attached hydrogen (secondary N) is 3. The van der Waals surface area contributed by atoms with E-state index in [4.69, 9.17) is 0 Å². The van der Waals surface area contributed by atoms with Crippen LogP contribution in [0.15, 0.2) is 6.07 Å². The lowest BCUT2D eigenvalue weighted by atomic mass is 10.2. The summed E-state index contributed by atoms with van der Waals surface area (Å²) in [5, 5.41) is 12.2. The second kappa shape index (κ2) is 6.29. The van der Waals surface area contributed by atoms with Crippen LogP contribution in [0.25, 0.3) is 0 Å². The van der Waals surface area contributed by atoms with Crippen molar-refractivity contribution in [3.8, 4) is 0 Å². The molecule has 0 fully saturated rings. The Balaban J connectivity index is 1.89. The summed E-state index contributed by atoms with van der Waals surface area (Å²) in [5.74, 6) is 1.40. The largest absolute Gasteiger partial charge is 0.345 e. The van der Waals surface area contributed by atoms with Crippen molar-refractivity contribution < 1.29 is 4.79 Å².